The number of aromatic nitrogens is 2. The van der Waals surface area contributed by atoms with Gasteiger partial charge >= 0.3 is 0 Å². The van der Waals surface area contributed by atoms with E-state index in [9.17, 15) is 0 Å². The number of nitrogens with zero attached hydrogens (tertiary/aromatic N) is 3. The molecule has 2 rings (SSSR count). The number of benzene rings is 1. The fraction of sp³-hybridized carbons (Fsp3) is 0.400. The highest BCUT2D eigenvalue weighted by Gasteiger charge is 2.12. The first-order valence-electron chi connectivity index (χ1n) is 6.89. The zero-order chi connectivity index (χ0) is 14.5. The Morgan fingerprint density at radius 2 is 1.95 bits per heavy atom. The zero-order valence-corrected chi connectivity index (χ0v) is 12.3. The van der Waals surface area contributed by atoms with Crippen molar-refractivity contribution in [2.75, 3.05) is 25.9 Å². The molecular formula is C15H22N4O. The molecule has 1 aromatic carbocycles. The van der Waals surface area contributed by atoms with Crippen LogP contribution in [0.15, 0.2) is 30.3 Å². The minimum Gasteiger partial charge on any atom is -0.494 e. The molecule has 0 aliphatic carbocycles. The largest absolute Gasteiger partial charge is 0.494 e. The van der Waals surface area contributed by atoms with Gasteiger partial charge in [0.1, 0.15) is 17.3 Å². The second kappa shape index (κ2) is 6.43. The number of nitrogen functional groups attached to an aromatic ring is 1. The van der Waals surface area contributed by atoms with Crippen LogP contribution < -0.4 is 10.5 Å². The molecule has 0 aliphatic rings. The summed E-state index contributed by atoms with van der Waals surface area (Å²) in [5, 5.41) is 4.59. The van der Waals surface area contributed by atoms with Crippen molar-refractivity contribution in [1.82, 2.24) is 14.7 Å². The highest BCUT2D eigenvalue weighted by molar-refractivity contribution is 5.51. The fourth-order valence-corrected chi connectivity index (χ4v) is 2.20. The van der Waals surface area contributed by atoms with Crippen LogP contribution in [0.2, 0.25) is 0 Å². The summed E-state index contributed by atoms with van der Waals surface area (Å²) < 4.78 is 7.09. The summed E-state index contributed by atoms with van der Waals surface area (Å²) in [6, 6.07) is 9.65. The summed E-state index contributed by atoms with van der Waals surface area (Å²) in [5.74, 6) is 1.38. The van der Waals surface area contributed by atoms with E-state index in [-0.39, 0.29) is 0 Å². The second-order valence-corrected chi connectivity index (χ2v) is 4.61. The van der Waals surface area contributed by atoms with E-state index in [1.807, 2.05) is 30.3 Å². The summed E-state index contributed by atoms with van der Waals surface area (Å²) in [6.07, 6.45) is 0. The molecule has 0 amide bonds. The van der Waals surface area contributed by atoms with Crippen molar-refractivity contribution in [3.63, 3.8) is 0 Å². The Hall–Kier alpha value is -2.01. The molecule has 108 valence electrons. The van der Waals surface area contributed by atoms with E-state index in [4.69, 9.17) is 10.5 Å². The molecule has 1 heterocycles. The standard InChI is InChI=1S/C15H22N4O/c1-4-18(5-2)11-12-10-15(16)19(17-12)13-8-6-7-9-14(13)20-3/h6-10H,4-5,11,16H2,1-3H3. The van der Waals surface area contributed by atoms with Gasteiger partial charge in [0, 0.05) is 12.6 Å². The maximum atomic E-state index is 6.08. The molecule has 0 unspecified atom stereocenters. The van der Waals surface area contributed by atoms with Gasteiger partial charge in [0.2, 0.25) is 0 Å². The SMILES string of the molecule is CCN(CC)Cc1cc(N)n(-c2ccccc2OC)n1. The predicted octanol–water partition coefficient (Wildman–Crippen LogP) is 2.30. The third-order valence-electron chi connectivity index (χ3n) is 3.38. The van der Waals surface area contributed by atoms with Crippen molar-refractivity contribution in [3.05, 3.63) is 36.0 Å². The number of hydrogen-bond acceptors (Lipinski definition) is 4. The van der Waals surface area contributed by atoms with Gasteiger partial charge < -0.3 is 10.5 Å². The molecule has 1 aromatic heterocycles. The van der Waals surface area contributed by atoms with Crippen LogP contribution in [0.1, 0.15) is 19.5 Å². The summed E-state index contributed by atoms with van der Waals surface area (Å²) in [7, 11) is 1.65. The van der Waals surface area contributed by atoms with E-state index in [1.165, 1.54) is 0 Å². The molecule has 0 radical (unpaired) electrons. The fourth-order valence-electron chi connectivity index (χ4n) is 2.20. The minimum atomic E-state index is 0.622. The van der Waals surface area contributed by atoms with Crippen LogP contribution in [0.3, 0.4) is 0 Å². The van der Waals surface area contributed by atoms with Crippen LogP contribution in [0.25, 0.3) is 5.69 Å². The number of rotatable bonds is 6. The number of methoxy groups -OCH3 is 1. The molecule has 0 spiro atoms. The van der Waals surface area contributed by atoms with E-state index >= 15 is 0 Å². The maximum Gasteiger partial charge on any atom is 0.144 e. The van der Waals surface area contributed by atoms with Gasteiger partial charge in [-0.05, 0) is 25.2 Å². The van der Waals surface area contributed by atoms with Gasteiger partial charge in [0.25, 0.3) is 0 Å². The van der Waals surface area contributed by atoms with Crippen molar-refractivity contribution in [2.45, 2.75) is 20.4 Å². The van der Waals surface area contributed by atoms with Crippen molar-refractivity contribution in [1.29, 1.82) is 0 Å². The maximum absolute atomic E-state index is 6.08. The van der Waals surface area contributed by atoms with Gasteiger partial charge in [-0.15, -0.1) is 0 Å². The van der Waals surface area contributed by atoms with Crippen LogP contribution in [0.4, 0.5) is 5.82 Å². The topological polar surface area (TPSA) is 56.3 Å². The van der Waals surface area contributed by atoms with Gasteiger partial charge in [-0.25, -0.2) is 4.68 Å². The van der Waals surface area contributed by atoms with E-state index in [0.29, 0.717) is 5.82 Å². The smallest absolute Gasteiger partial charge is 0.144 e. The predicted molar refractivity (Wildman–Crippen MR) is 81.2 cm³/mol. The Kier molecular flexibility index (Phi) is 4.63. The lowest BCUT2D eigenvalue weighted by atomic mass is 10.3. The van der Waals surface area contributed by atoms with Crippen LogP contribution in [0, 0.1) is 0 Å². The number of ether oxygens (including phenoxy) is 1. The van der Waals surface area contributed by atoms with E-state index in [2.05, 4.69) is 23.8 Å². The minimum absolute atomic E-state index is 0.622. The number of nitrogens with two attached hydrogens (primary N) is 1. The van der Waals surface area contributed by atoms with Crippen molar-refractivity contribution < 1.29 is 4.74 Å². The summed E-state index contributed by atoms with van der Waals surface area (Å²) in [4.78, 5) is 2.30. The summed E-state index contributed by atoms with van der Waals surface area (Å²) in [6.45, 7) is 7.09. The lowest BCUT2D eigenvalue weighted by Crippen LogP contribution is -2.22. The molecule has 5 nitrogen and oxygen atoms in total. The Bertz CT molecular complexity index is 561. The number of anilines is 1. The molecule has 0 atom stereocenters. The molecule has 0 fully saturated rings. The van der Waals surface area contributed by atoms with Crippen molar-refractivity contribution >= 4 is 5.82 Å². The van der Waals surface area contributed by atoms with E-state index < -0.39 is 0 Å². The van der Waals surface area contributed by atoms with Crippen LogP contribution in [-0.2, 0) is 6.54 Å². The van der Waals surface area contributed by atoms with Gasteiger partial charge in [-0.1, -0.05) is 26.0 Å². The van der Waals surface area contributed by atoms with Gasteiger partial charge in [0.15, 0.2) is 0 Å². The Morgan fingerprint density at radius 1 is 1.25 bits per heavy atom. The first-order chi connectivity index (χ1) is 9.69. The Balaban J connectivity index is 2.32. The van der Waals surface area contributed by atoms with Gasteiger partial charge in [-0.3, -0.25) is 4.90 Å². The summed E-state index contributed by atoms with van der Waals surface area (Å²) in [5.41, 5.74) is 7.91. The molecule has 5 heteroatoms. The molecule has 20 heavy (non-hydrogen) atoms. The zero-order valence-electron chi connectivity index (χ0n) is 12.3. The Labute approximate surface area is 119 Å². The van der Waals surface area contributed by atoms with Crippen LogP contribution in [0.5, 0.6) is 5.75 Å². The molecule has 2 N–H and O–H groups in total. The average Bonchev–Trinajstić information content (AvgIpc) is 2.85. The van der Waals surface area contributed by atoms with Crippen molar-refractivity contribution in [2.24, 2.45) is 0 Å². The second-order valence-electron chi connectivity index (χ2n) is 4.61. The Morgan fingerprint density at radius 3 is 2.60 bits per heavy atom. The molecular weight excluding hydrogens is 252 g/mol. The molecule has 0 saturated heterocycles. The number of hydrogen-bond donors (Lipinski definition) is 1. The third-order valence-corrected chi connectivity index (χ3v) is 3.38. The summed E-state index contributed by atoms with van der Waals surface area (Å²) >= 11 is 0. The number of para-hydroxylation sites is 2. The molecule has 0 saturated carbocycles. The molecule has 0 bridgehead atoms. The van der Waals surface area contributed by atoms with Crippen molar-refractivity contribution in [3.8, 4) is 11.4 Å². The monoisotopic (exact) mass is 274 g/mol. The third kappa shape index (κ3) is 2.93. The first kappa shape index (κ1) is 14.4. The van der Waals surface area contributed by atoms with Crippen LogP contribution in [-0.4, -0.2) is 34.9 Å². The highest BCUT2D eigenvalue weighted by Crippen LogP contribution is 2.24. The molecule has 0 aliphatic heterocycles. The van der Waals surface area contributed by atoms with Crippen LogP contribution >= 0.6 is 0 Å². The highest BCUT2D eigenvalue weighted by atomic mass is 16.5. The van der Waals surface area contributed by atoms with E-state index in [1.54, 1.807) is 11.8 Å². The first-order valence-corrected chi connectivity index (χ1v) is 6.89. The lowest BCUT2D eigenvalue weighted by Gasteiger charge is -2.15. The lowest BCUT2D eigenvalue weighted by molar-refractivity contribution is 0.291. The average molecular weight is 274 g/mol. The molecule has 2 aromatic rings. The van der Waals surface area contributed by atoms with Gasteiger partial charge in [-0.2, -0.15) is 5.10 Å². The normalized spacial score (nSPS) is 11.0. The van der Waals surface area contributed by atoms with Gasteiger partial charge in [0.05, 0.1) is 12.8 Å². The quantitative estimate of drug-likeness (QED) is 0.878. The van der Waals surface area contributed by atoms with E-state index in [0.717, 1.165) is 36.8 Å².